The van der Waals surface area contributed by atoms with Crippen LogP contribution in [0.25, 0.3) is 0 Å². The molecule has 7 atom stereocenters. The molecule has 0 saturated carbocycles. The van der Waals surface area contributed by atoms with E-state index in [9.17, 15) is 30.3 Å². The van der Waals surface area contributed by atoms with Gasteiger partial charge in [-0.05, 0) is 77.0 Å². The highest BCUT2D eigenvalue weighted by Gasteiger charge is 2.44. The van der Waals surface area contributed by atoms with Gasteiger partial charge in [-0.2, -0.15) is 0 Å². The number of rotatable bonds is 47. The fourth-order valence-electron chi connectivity index (χ4n) is 8.47. The number of unbranched alkanes of at least 4 members (excludes halogenated alkanes) is 21. The molecule has 70 heavy (non-hydrogen) atoms. The molecule has 9 heteroatoms. The molecule has 0 bridgehead atoms. The minimum atomic E-state index is -1.56. The number of hydrogen-bond donors (Lipinski definition) is 6. The lowest BCUT2D eigenvalue weighted by atomic mass is 9.99. The maximum atomic E-state index is 13.1. The molecule has 7 unspecified atom stereocenters. The number of carbonyl (C=O) groups is 1. The first-order valence-electron chi connectivity index (χ1n) is 28.4. The lowest BCUT2D eigenvalue weighted by molar-refractivity contribution is -0.302. The van der Waals surface area contributed by atoms with Crippen LogP contribution in [0.15, 0.2) is 97.2 Å². The third kappa shape index (κ3) is 38.7. The molecule has 1 heterocycles. The number of aliphatic hydroxyl groups is 5. The van der Waals surface area contributed by atoms with Crippen molar-refractivity contribution >= 4 is 5.91 Å². The Balaban J connectivity index is 2.26. The van der Waals surface area contributed by atoms with Gasteiger partial charge in [0.25, 0.3) is 0 Å². The van der Waals surface area contributed by atoms with Gasteiger partial charge in [0.2, 0.25) is 5.91 Å². The van der Waals surface area contributed by atoms with Crippen molar-refractivity contribution in [2.75, 3.05) is 13.2 Å². The molecule has 1 aliphatic rings. The van der Waals surface area contributed by atoms with Crippen molar-refractivity contribution < 1.29 is 39.8 Å². The monoisotopic (exact) mass is 980 g/mol. The van der Waals surface area contributed by atoms with E-state index >= 15 is 0 Å². The second kappa shape index (κ2) is 49.7. The molecular formula is C61H105NO8. The van der Waals surface area contributed by atoms with Gasteiger partial charge in [0.15, 0.2) is 6.29 Å². The van der Waals surface area contributed by atoms with Crippen molar-refractivity contribution in [1.82, 2.24) is 5.32 Å². The standard InChI is InChI=1S/C61H105NO8/c1-3-5-7-9-11-13-15-17-19-21-23-24-25-26-27-28-29-30-31-32-33-35-37-39-41-43-45-47-49-51-57(65)62-54(53-69-61-60(68)59(67)58(66)56(52-63)70-61)55(64)50-48-46-44-42-40-38-36-34-22-20-18-16-14-12-10-8-6-4-2/h5,7,11,13,17,19,23-24,26-27,29-30,32-33,37,39,54-56,58-61,63-64,66-68H,3-4,6,8-10,12,14-16,18,20-22,25,28,31,34-36,38,40-53H2,1-2H3,(H,62,65)/b7-5-,13-11-,19-17-,24-23-,27-26-,30-29-,33-32-,39-37-. The van der Waals surface area contributed by atoms with E-state index in [1.807, 2.05) is 0 Å². The van der Waals surface area contributed by atoms with Crippen LogP contribution in [0.3, 0.4) is 0 Å². The lowest BCUT2D eigenvalue weighted by Gasteiger charge is -2.40. The summed E-state index contributed by atoms with van der Waals surface area (Å²) in [6, 6.07) is -0.740. The summed E-state index contributed by atoms with van der Waals surface area (Å²) < 4.78 is 11.3. The van der Waals surface area contributed by atoms with Crippen LogP contribution >= 0.6 is 0 Å². The average Bonchev–Trinajstić information content (AvgIpc) is 3.36. The second-order valence-electron chi connectivity index (χ2n) is 19.4. The number of aliphatic hydroxyl groups excluding tert-OH is 5. The summed E-state index contributed by atoms with van der Waals surface area (Å²) in [6.45, 7) is 3.71. The smallest absolute Gasteiger partial charge is 0.220 e. The van der Waals surface area contributed by atoms with Crippen LogP contribution in [0.5, 0.6) is 0 Å². The van der Waals surface area contributed by atoms with Crippen LogP contribution in [0, 0.1) is 0 Å². The quantitative estimate of drug-likeness (QED) is 0.0261. The highest BCUT2D eigenvalue weighted by atomic mass is 16.7. The molecule has 6 N–H and O–H groups in total. The molecule has 1 saturated heterocycles. The van der Waals surface area contributed by atoms with Crippen molar-refractivity contribution in [3.8, 4) is 0 Å². The molecule has 1 aliphatic heterocycles. The summed E-state index contributed by atoms with van der Waals surface area (Å²) in [4.78, 5) is 13.1. The predicted molar refractivity (Wildman–Crippen MR) is 294 cm³/mol. The molecule has 9 nitrogen and oxygen atoms in total. The first-order valence-corrected chi connectivity index (χ1v) is 28.4. The molecule has 0 radical (unpaired) electrons. The third-order valence-electron chi connectivity index (χ3n) is 13.0. The average molecular weight is 981 g/mol. The minimum absolute atomic E-state index is 0.154. The number of allylic oxidation sites excluding steroid dienone is 16. The number of nitrogens with one attached hydrogen (secondary N) is 1. The van der Waals surface area contributed by atoms with Gasteiger partial charge in [0, 0.05) is 6.42 Å². The Hall–Kier alpha value is -2.89. The largest absolute Gasteiger partial charge is 0.394 e. The maximum absolute atomic E-state index is 13.1. The molecule has 0 aromatic heterocycles. The summed E-state index contributed by atoms with van der Waals surface area (Å²) in [5.41, 5.74) is 0. The summed E-state index contributed by atoms with van der Waals surface area (Å²) in [6.07, 6.45) is 64.2. The van der Waals surface area contributed by atoms with Gasteiger partial charge in [-0.25, -0.2) is 0 Å². The van der Waals surface area contributed by atoms with Gasteiger partial charge in [0.05, 0.1) is 25.4 Å². The zero-order valence-corrected chi connectivity index (χ0v) is 44.5. The van der Waals surface area contributed by atoms with Crippen LogP contribution < -0.4 is 5.32 Å². The van der Waals surface area contributed by atoms with Gasteiger partial charge < -0.3 is 40.3 Å². The fourth-order valence-corrected chi connectivity index (χ4v) is 8.47. The van der Waals surface area contributed by atoms with Crippen molar-refractivity contribution in [2.45, 2.75) is 269 Å². The molecule has 1 rings (SSSR count). The third-order valence-corrected chi connectivity index (χ3v) is 13.0. The number of ether oxygens (including phenoxy) is 2. The molecule has 0 aromatic carbocycles. The Kier molecular flexibility index (Phi) is 46.2. The number of hydrogen-bond acceptors (Lipinski definition) is 8. The Labute approximate surface area is 428 Å². The Morgan fingerprint density at radius 3 is 1.31 bits per heavy atom. The minimum Gasteiger partial charge on any atom is -0.394 e. The van der Waals surface area contributed by atoms with Crippen LogP contribution in [0.4, 0.5) is 0 Å². The van der Waals surface area contributed by atoms with Crippen molar-refractivity contribution in [3.63, 3.8) is 0 Å². The maximum Gasteiger partial charge on any atom is 0.220 e. The van der Waals surface area contributed by atoms with Gasteiger partial charge in [0.1, 0.15) is 24.4 Å². The summed E-state index contributed by atoms with van der Waals surface area (Å²) in [5, 5.41) is 54.6. The normalized spacial score (nSPS) is 20.1. The van der Waals surface area contributed by atoms with Crippen molar-refractivity contribution in [3.05, 3.63) is 97.2 Å². The van der Waals surface area contributed by atoms with Crippen molar-refractivity contribution in [2.24, 2.45) is 0 Å². The predicted octanol–water partition coefficient (Wildman–Crippen LogP) is 14.0. The van der Waals surface area contributed by atoms with E-state index in [1.54, 1.807) is 0 Å². The van der Waals surface area contributed by atoms with E-state index in [2.05, 4.69) is 116 Å². The van der Waals surface area contributed by atoms with Gasteiger partial charge in [-0.3, -0.25) is 4.79 Å². The van der Waals surface area contributed by atoms with Crippen molar-refractivity contribution in [1.29, 1.82) is 0 Å². The summed E-state index contributed by atoms with van der Waals surface area (Å²) in [7, 11) is 0. The number of amides is 1. The van der Waals surface area contributed by atoms with Crippen LogP contribution in [0.1, 0.15) is 226 Å². The van der Waals surface area contributed by atoms with Crippen LogP contribution in [-0.4, -0.2) is 87.5 Å². The molecule has 402 valence electrons. The first-order chi connectivity index (χ1) is 34.3. The molecular weight excluding hydrogens is 875 g/mol. The molecule has 0 aliphatic carbocycles. The van der Waals surface area contributed by atoms with Gasteiger partial charge in [-0.15, -0.1) is 0 Å². The van der Waals surface area contributed by atoms with E-state index in [1.165, 1.54) is 96.3 Å². The van der Waals surface area contributed by atoms with E-state index < -0.39 is 49.5 Å². The SMILES string of the molecule is CC/C=C\C/C=C\C/C=C\C/C=C\C/C=C\C/C=C\C/C=C\C/C=C\CCCCCCC(=O)NC(COC1OC(CO)C(O)C(O)C1O)C(O)CCCCCCCCCCCCCCCCCCCC. The molecule has 0 spiro atoms. The highest BCUT2D eigenvalue weighted by molar-refractivity contribution is 5.76. The van der Waals surface area contributed by atoms with Crippen LogP contribution in [0.2, 0.25) is 0 Å². The van der Waals surface area contributed by atoms with E-state index in [0.717, 1.165) is 103 Å². The summed E-state index contributed by atoms with van der Waals surface area (Å²) in [5.74, 6) is -0.171. The Morgan fingerprint density at radius 2 is 0.886 bits per heavy atom. The Morgan fingerprint density at radius 1 is 0.500 bits per heavy atom. The number of carbonyl (C=O) groups excluding carboxylic acids is 1. The van der Waals surface area contributed by atoms with Gasteiger partial charge in [-0.1, -0.05) is 239 Å². The highest BCUT2D eigenvalue weighted by Crippen LogP contribution is 2.23. The second-order valence-corrected chi connectivity index (χ2v) is 19.4. The van der Waals surface area contributed by atoms with E-state index in [-0.39, 0.29) is 12.5 Å². The fraction of sp³-hybridized carbons (Fsp3) is 0.721. The van der Waals surface area contributed by atoms with Gasteiger partial charge >= 0.3 is 0 Å². The van der Waals surface area contributed by atoms with Crippen LogP contribution in [-0.2, 0) is 14.3 Å². The summed E-state index contributed by atoms with van der Waals surface area (Å²) >= 11 is 0. The first kappa shape index (κ1) is 65.1. The molecule has 0 aromatic rings. The van der Waals surface area contributed by atoms with E-state index in [0.29, 0.717) is 12.8 Å². The lowest BCUT2D eigenvalue weighted by Crippen LogP contribution is -2.60. The molecule has 1 fully saturated rings. The topological polar surface area (TPSA) is 149 Å². The zero-order valence-electron chi connectivity index (χ0n) is 44.5. The Bertz CT molecular complexity index is 1420. The zero-order chi connectivity index (χ0) is 50.8. The van der Waals surface area contributed by atoms with E-state index in [4.69, 9.17) is 9.47 Å². The molecule has 1 amide bonds.